The van der Waals surface area contributed by atoms with Crippen LogP contribution in [0.2, 0.25) is 0 Å². The second-order valence-corrected chi connectivity index (χ2v) is 11.6. The van der Waals surface area contributed by atoms with Gasteiger partial charge in [0.25, 0.3) is 5.91 Å². The number of carbonyl (C=O) groups excluding carboxylic acids is 1. The lowest BCUT2D eigenvalue weighted by Crippen LogP contribution is -2.51. The first kappa shape index (κ1) is 31.2. The maximum atomic E-state index is 14.7. The molecule has 0 radical (unpaired) electrons. The lowest BCUT2D eigenvalue weighted by Gasteiger charge is -2.31. The Labute approximate surface area is 259 Å². The number of benzene rings is 2. The molecule has 0 spiro atoms. The molecule has 4 aromatic rings. The molecule has 1 aliphatic rings. The average Bonchev–Trinajstić information content (AvgIpc) is 3.33. The van der Waals surface area contributed by atoms with Crippen LogP contribution in [-0.4, -0.2) is 54.0 Å². The molecule has 0 bridgehead atoms. The summed E-state index contributed by atoms with van der Waals surface area (Å²) >= 11 is 1.93. The van der Waals surface area contributed by atoms with Gasteiger partial charge in [0.2, 0.25) is 5.60 Å². The van der Waals surface area contributed by atoms with Gasteiger partial charge in [-0.3, -0.25) is 9.78 Å². The number of alkyl halides is 3. The second-order valence-electron chi connectivity index (χ2n) is 10.2. The molecule has 5 rings (SSSR count). The second kappa shape index (κ2) is 12.1. The monoisotopic (exact) mass is 729 g/mol. The van der Waals surface area contributed by atoms with Crippen LogP contribution in [0.1, 0.15) is 28.5 Å². The highest BCUT2D eigenvalue weighted by molar-refractivity contribution is 14.2. The number of halogens is 5. The van der Waals surface area contributed by atoms with Gasteiger partial charge in [0, 0.05) is 49.5 Å². The van der Waals surface area contributed by atoms with Crippen LogP contribution in [0.3, 0.4) is 0 Å². The molecule has 43 heavy (non-hydrogen) atoms. The fourth-order valence-corrected chi connectivity index (χ4v) is 5.50. The Bertz CT molecular complexity index is 1680. The van der Waals surface area contributed by atoms with Crippen LogP contribution in [0.15, 0.2) is 60.8 Å². The van der Waals surface area contributed by atoms with Crippen molar-refractivity contribution in [2.75, 3.05) is 26.9 Å². The Hall–Kier alpha value is -3.21. The number of aromatic nitrogens is 2. The first-order chi connectivity index (χ1) is 20.4. The van der Waals surface area contributed by atoms with Gasteiger partial charge >= 0.3 is 6.18 Å². The van der Waals surface area contributed by atoms with Crippen LogP contribution in [-0.2, 0) is 15.2 Å². The fourth-order valence-electron chi connectivity index (χ4n) is 4.82. The summed E-state index contributed by atoms with van der Waals surface area (Å²) in [6.07, 6.45) is -3.72. The maximum absolute atomic E-state index is 14.7. The lowest BCUT2D eigenvalue weighted by atomic mass is 9.83. The third-order valence-electron chi connectivity index (χ3n) is 7.25. The zero-order valence-corrected chi connectivity index (χ0v) is 25.6. The molecule has 8 nitrogen and oxygen atoms in total. The third kappa shape index (κ3) is 5.97. The Morgan fingerprint density at radius 1 is 1.21 bits per heavy atom. The first-order valence-electron chi connectivity index (χ1n) is 12.8. The van der Waals surface area contributed by atoms with E-state index >= 15 is 0 Å². The number of nitrogens with zero attached hydrogens (tertiary/aromatic N) is 2. The Kier molecular flexibility index (Phi) is 8.75. The zero-order chi connectivity index (χ0) is 31.0. The van der Waals surface area contributed by atoms with Gasteiger partial charge < -0.3 is 24.1 Å². The molecule has 1 aliphatic heterocycles. The van der Waals surface area contributed by atoms with Gasteiger partial charge in [-0.05, 0) is 55.5 Å². The molecule has 0 fully saturated rings. The number of hydrogen-bond acceptors (Lipinski definition) is 8. The van der Waals surface area contributed by atoms with Crippen molar-refractivity contribution in [3.63, 3.8) is 0 Å². The largest absolute Gasteiger partial charge is 0.494 e. The zero-order valence-electron chi connectivity index (χ0n) is 22.7. The van der Waals surface area contributed by atoms with Crippen LogP contribution >= 0.6 is 30.4 Å². The van der Waals surface area contributed by atoms with E-state index in [9.17, 15) is 27.5 Å². The summed E-state index contributed by atoms with van der Waals surface area (Å²) < 4.78 is 74.6. The smallest absolute Gasteiger partial charge is 0.424 e. The molecule has 2 aromatic heterocycles. The highest BCUT2D eigenvalue weighted by Gasteiger charge is 2.57. The van der Waals surface area contributed by atoms with Crippen molar-refractivity contribution < 1.29 is 41.1 Å². The summed E-state index contributed by atoms with van der Waals surface area (Å²) in [7, 11) is 2.44. The molecular weight excluding hydrogens is 705 g/mol. The van der Waals surface area contributed by atoms with Crippen LogP contribution < -0.4 is 14.8 Å². The van der Waals surface area contributed by atoms with E-state index in [2.05, 4.69) is 15.3 Å². The number of hydrogen-bond donors (Lipinski definition) is 2. The first-order valence-corrected chi connectivity index (χ1v) is 16.0. The van der Waals surface area contributed by atoms with Crippen LogP contribution in [0, 0.1) is 5.82 Å². The molecular formula is C29H24F4IN3O5S. The standard InChI is InChI=1S/C29H24F4IN3O5S/c1-27(15-42-43-34)14-41-25-20(27)12-22(37-24(25)16-5-7-19(30)8-6-16)28(39,29(31,32)33)13-36-26(38)18-10-17-4-3-9-35-23(17)21(11-18)40-2/h3-12,39H,13-15H2,1-2H3,(H,36,38)/t27-,28+/m1/s1. The molecule has 14 heteroatoms. The van der Waals surface area contributed by atoms with Crippen molar-refractivity contribution >= 4 is 47.2 Å². The minimum atomic E-state index is -5.27. The predicted molar refractivity (Wildman–Crippen MR) is 161 cm³/mol. The lowest BCUT2D eigenvalue weighted by molar-refractivity contribution is -0.265. The summed E-state index contributed by atoms with van der Waals surface area (Å²) in [6.45, 7) is 0.647. The van der Waals surface area contributed by atoms with Crippen molar-refractivity contribution in [1.82, 2.24) is 15.3 Å². The highest BCUT2D eigenvalue weighted by Crippen LogP contribution is 2.48. The van der Waals surface area contributed by atoms with Crippen molar-refractivity contribution in [3.8, 4) is 22.8 Å². The molecule has 226 valence electrons. The number of ether oxygens (including phenoxy) is 2. The van der Waals surface area contributed by atoms with E-state index < -0.39 is 41.2 Å². The Balaban J connectivity index is 1.57. The SMILES string of the molecule is COc1cc(C(=O)NC[C@](O)(c2cc3c(c(-c4ccc(F)cc4)n2)OC[C@]3(C)COSI)C(F)(F)F)cc2cccnc12. The number of nitrogens with one attached hydrogen (secondary N) is 1. The molecule has 0 saturated heterocycles. The molecule has 0 saturated carbocycles. The summed E-state index contributed by atoms with van der Waals surface area (Å²) in [5, 5.41) is 14.1. The topological polar surface area (TPSA) is 103 Å². The quantitative estimate of drug-likeness (QED) is 0.118. The predicted octanol–water partition coefficient (Wildman–Crippen LogP) is 6.29. The van der Waals surface area contributed by atoms with Crippen molar-refractivity contribution in [3.05, 3.63) is 83.4 Å². The number of pyridine rings is 2. The number of rotatable bonds is 9. The normalized spacial score (nSPS) is 17.7. The van der Waals surface area contributed by atoms with Crippen molar-refractivity contribution in [2.24, 2.45) is 0 Å². The molecule has 2 atom stereocenters. The molecule has 0 aliphatic carbocycles. The number of carbonyl (C=O) groups is 1. The van der Waals surface area contributed by atoms with Crippen LogP contribution in [0.4, 0.5) is 17.6 Å². The summed E-state index contributed by atoms with van der Waals surface area (Å²) in [5.74, 6) is -0.979. The van der Waals surface area contributed by atoms with Gasteiger partial charge in [0.05, 0.1) is 40.6 Å². The third-order valence-corrected chi connectivity index (χ3v) is 8.22. The van der Waals surface area contributed by atoms with Crippen LogP contribution in [0.5, 0.6) is 11.5 Å². The van der Waals surface area contributed by atoms with Gasteiger partial charge in [-0.2, -0.15) is 13.2 Å². The van der Waals surface area contributed by atoms with E-state index in [-0.39, 0.29) is 41.5 Å². The maximum Gasteiger partial charge on any atom is 0.424 e. The minimum absolute atomic E-state index is 0.00482. The average molecular weight is 729 g/mol. The van der Waals surface area contributed by atoms with Crippen LogP contribution in [0.25, 0.3) is 22.2 Å². The van der Waals surface area contributed by atoms with Crippen molar-refractivity contribution in [1.29, 1.82) is 0 Å². The van der Waals surface area contributed by atoms with Crippen molar-refractivity contribution in [2.45, 2.75) is 24.1 Å². The number of fused-ring (bicyclic) bond motifs is 2. The molecule has 1 amide bonds. The van der Waals surface area contributed by atoms with Gasteiger partial charge in [-0.15, -0.1) is 0 Å². The number of methoxy groups -OCH3 is 1. The summed E-state index contributed by atoms with van der Waals surface area (Å²) in [5.41, 5.74) is -4.22. The molecule has 2 aromatic carbocycles. The fraction of sp³-hybridized carbons (Fsp3) is 0.276. The highest BCUT2D eigenvalue weighted by atomic mass is 127. The van der Waals surface area contributed by atoms with E-state index in [1.165, 1.54) is 31.4 Å². The van der Waals surface area contributed by atoms with Gasteiger partial charge in [-0.1, -0.05) is 6.07 Å². The van der Waals surface area contributed by atoms with E-state index in [4.69, 9.17) is 13.7 Å². The van der Waals surface area contributed by atoms with E-state index in [1.807, 2.05) is 21.2 Å². The van der Waals surface area contributed by atoms with Gasteiger partial charge in [-0.25, -0.2) is 9.37 Å². The molecule has 3 heterocycles. The number of amides is 1. The summed E-state index contributed by atoms with van der Waals surface area (Å²) in [6, 6.07) is 12.3. The molecule has 0 unspecified atom stereocenters. The summed E-state index contributed by atoms with van der Waals surface area (Å²) in [4.78, 5) is 21.5. The Morgan fingerprint density at radius 3 is 2.63 bits per heavy atom. The van der Waals surface area contributed by atoms with E-state index in [0.717, 1.165) is 27.4 Å². The minimum Gasteiger partial charge on any atom is -0.494 e. The van der Waals surface area contributed by atoms with E-state index in [1.54, 1.807) is 25.3 Å². The number of aliphatic hydroxyl groups is 1. The molecule has 2 N–H and O–H groups in total. The van der Waals surface area contributed by atoms with Gasteiger partial charge in [0.15, 0.2) is 0 Å². The van der Waals surface area contributed by atoms with E-state index in [0.29, 0.717) is 16.5 Å². The van der Waals surface area contributed by atoms with Gasteiger partial charge in [0.1, 0.15) is 35.1 Å². The Morgan fingerprint density at radius 2 is 1.95 bits per heavy atom.